The van der Waals surface area contributed by atoms with Crippen LogP contribution in [-0.2, 0) is 36.8 Å². The smallest absolute Gasteiger partial charge is 0.245 e. The number of rotatable bonds is 6. The van der Waals surface area contributed by atoms with Crippen molar-refractivity contribution >= 4 is 29.5 Å². The molecule has 2 heterocycles. The van der Waals surface area contributed by atoms with E-state index < -0.39 is 41.4 Å². The Morgan fingerprint density at radius 1 is 0.894 bits per heavy atom. The second kappa shape index (κ2) is 15.9. The van der Waals surface area contributed by atoms with E-state index in [9.17, 15) is 24.0 Å². The lowest BCUT2D eigenvalue weighted by atomic mass is 9.86. The standard InChI is InChI=1S/C36H47N5O6/c1-24-32(43)40-30(22-26-10-6-3-7-11-26)34(45)41-36(18-19-36)35(46)37-20-21-47-28-15-12-27(13-16-28)23-29(33(44)38-24)39-31(42)17-14-25-8-4-2-5-9-25/h3,6-7,10-13,15-16,24-25,29-30H,2,4-5,8-9,14,17-23H2,1H3,(H,37,46)(H,38,44)(H,39,42)(H,40,43)(H,41,45)/t24-,29-,30+/m0/s1. The summed E-state index contributed by atoms with van der Waals surface area (Å²) in [5.41, 5.74) is 0.592. The van der Waals surface area contributed by atoms with Gasteiger partial charge in [-0.1, -0.05) is 74.6 Å². The summed E-state index contributed by atoms with van der Waals surface area (Å²) in [6, 6.07) is 13.6. The minimum absolute atomic E-state index is 0.194. The zero-order valence-electron chi connectivity index (χ0n) is 27.1. The van der Waals surface area contributed by atoms with Gasteiger partial charge in [-0.2, -0.15) is 0 Å². The molecular weight excluding hydrogens is 598 g/mol. The van der Waals surface area contributed by atoms with Gasteiger partial charge < -0.3 is 31.3 Å². The van der Waals surface area contributed by atoms with Crippen LogP contribution in [0.2, 0.25) is 0 Å². The van der Waals surface area contributed by atoms with Gasteiger partial charge in [-0.15, -0.1) is 0 Å². The Morgan fingerprint density at radius 3 is 2.32 bits per heavy atom. The number of hydrogen-bond donors (Lipinski definition) is 5. The lowest BCUT2D eigenvalue weighted by molar-refractivity contribution is -0.134. The molecule has 2 fully saturated rings. The monoisotopic (exact) mass is 645 g/mol. The van der Waals surface area contributed by atoms with E-state index in [1.807, 2.05) is 42.5 Å². The van der Waals surface area contributed by atoms with Gasteiger partial charge in [-0.05, 0) is 55.4 Å². The highest BCUT2D eigenvalue weighted by Gasteiger charge is 2.51. The molecule has 2 aromatic rings. The van der Waals surface area contributed by atoms with E-state index in [0.29, 0.717) is 30.9 Å². The third-order valence-corrected chi connectivity index (χ3v) is 9.39. The topological polar surface area (TPSA) is 155 Å². The molecule has 11 nitrogen and oxygen atoms in total. The fourth-order valence-electron chi connectivity index (χ4n) is 6.34. The van der Waals surface area contributed by atoms with Crippen LogP contribution < -0.4 is 31.3 Å². The average Bonchev–Trinajstić information content (AvgIpc) is 3.86. The molecule has 2 bridgehead atoms. The zero-order chi connectivity index (χ0) is 33.2. The number of ether oxygens (including phenoxy) is 1. The normalized spacial score (nSPS) is 24.2. The summed E-state index contributed by atoms with van der Waals surface area (Å²) in [4.78, 5) is 66.7. The van der Waals surface area contributed by atoms with Crippen LogP contribution in [0, 0.1) is 5.92 Å². The number of hydrogen-bond acceptors (Lipinski definition) is 6. The number of nitrogens with one attached hydrogen (secondary N) is 5. The van der Waals surface area contributed by atoms with Crippen molar-refractivity contribution in [1.82, 2.24) is 26.6 Å². The van der Waals surface area contributed by atoms with E-state index in [-0.39, 0.29) is 37.8 Å². The molecule has 2 aromatic carbocycles. The van der Waals surface area contributed by atoms with Crippen molar-refractivity contribution in [2.24, 2.45) is 5.92 Å². The van der Waals surface area contributed by atoms with Crippen molar-refractivity contribution in [1.29, 1.82) is 0 Å². The summed E-state index contributed by atoms with van der Waals surface area (Å²) in [6.07, 6.45) is 8.41. The maximum Gasteiger partial charge on any atom is 0.245 e. The third-order valence-electron chi connectivity index (χ3n) is 9.39. The average molecular weight is 646 g/mol. The molecule has 2 aliphatic carbocycles. The van der Waals surface area contributed by atoms with Crippen LogP contribution in [0.1, 0.15) is 75.8 Å². The van der Waals surface area contributed by atoms with E-state index in [1.165, 1.54) is 19.3 Å². The molecule has 1 spiro atoms. The second-order valence-electron chi connectivity index (χ2n) is 13.2. The van der Waals surface area contributed by atoms with Gasteiger partial charge in [0.2, 0.25) is 29.5 Å². The Morgan fingerprint density at radius 2 is 1.62 bits per heavy atom. The molecular formula is C36H47N5O6. The van der Waals surface area contributed by atoms with E-state index in [4.69, 9.17) is 4.74 Å². The van der Waals surface area contributed by atoms with Crippen LogP contribution in [-0.4, -0.2) is 66.4 Å². The van der Waals surface area contributed by atoms with Gasteiger partial charge in [0.1, 0.15) is 36.0 Å². The number of benzene rings is 2. The molecule has 5 amide bonds. The summed E-state index contributed by atoms with van der Waals surface area (Å²) in [6.45, 7) is 2.01. The van der Waals surface area contributed by atoms with E-state index in [1.54, 1.807) is 19.1 Å². The van der Waals surface area contributed by atoms with Gasteiger partial charge in [0.25, 0.3) is 0 Å². The van der Waals surface area contributed by atoms with Crippen LogP contribution in [0.15, 0.2) is 54.6 Å². The highest BCUT2D eigenvalue weighted by molar-refractivity contribution is 5.98. The summed E-state index contributed by atoms with van der Waals surface area (Å²) in [5, 5.41) is 14.2. The van der Waals surface area contributed by atoms with Crippen molar-refractivity contribution < 1.29 is 28.7 Å². The molecule has 0 aromatic heterocycles. The molecule has 3 atom stereocenters. The Hall–Kier alpha value is -4.41. The second-order valence-corrected chi connectivity index (χ2v) is 13.2. The Balaban J connectivity index is 1.32. The Bertz CT molecular complexity index is 1400. The molecule has 47 heavy (non-hydrogen) atoms. The van der Waals surface area contributed by atoms with Gasteiger partial charge >= 0.3 is 0 Å². The molecule has 2 saturated carbocycles. The minimum atomic E-state index is -1.04. The summed E-state index contributed by atoms with van der Waals surface area (Å²) in [7, 11) is 0. The maximum absolute atomic E-state index is 13.6. The highest BCUT2D eigenvalue weighted by Crippen LogP contribution is 2.35. The van der Waals surface area contributed by atoms with Crippen LogP contribution >= 0.6 is 0 Å². The van der Waals surface area contributed by atoms with Crippen LogP contribution in [0.4, 0.5) is 0 Å². The van der Waals surface area contributed by atoms with Crippen LogP contribution in [0.3, 0.4) is 0 Å². The Labute approximate surface area is 276 Å². The first-order chi connectivity index (χ1) is 22.7. The molecule has 2 aliphatic heterocycles. The minimum Gasteiger partial charge on any atom is -0.492 e. The van der Waals surface area contributed by atoms with E-state index in [2.05, 4.69) is 26.6 Å². The van der Waals surface area contributed by atoms with Gasteiger partial charge in [0, 0.05) is 19.3 Å². The van der Waals surface area contributed by atoms with Crippen LogP contribution in [0.25, 0.3) is 0 Å². The van der Waals surface area contributed by atoms with Crippen LogP contribution in [0.5, 0.6) is 5.75 Å². The van der Waals surface area contributed by atoms with E-state index >= 15 is 0 Å². The quantitative estimate of drug-likeness (QED) is 0.304. The number of carbonyl (C=O) groups is 5. The molecule has 11 heteroatoms. The molecule has 0 radical (unpaired) electrons. The fourth-order valence-corrected chi connectivity index (χ4v) is 6.34. The number of fused-ring (bicyclic) bond motifs is 15. The van der Waals surface area contributed by atoms with Crippen molar-refractivity contribution in [2.75, 3.05) is 13.2 Å². The lowest BCUT2D eigenvalue weighted by Crippen LogP contribution is -2.59. The Kier molecular flexibility index (Phi) is 11.5. The first-order valence-electron chi connectivity index (χ1n) is 17.0. The first-order valence-corrected chi connectivity index (χ1v) is 17.0. The summed E-state index contributed by atoms with van der Waals surface area (Å²) >= 11 is 0. The molecule has 0 unspecified atom stereocenters. The molecule has 6 rings (SSSR count). The van der Waals surface area contributed by atoms with E-state index in [0.717, 1.165) is 30.4 Å². The van der Waals surface area contributed by atoms with Crippen molar-refractivity contribution in [3.05, 3.63) is 65.7 Å². The summed E-state index contributed by atoms with van der Waals surface area (Å²) < 4.78 is 5.81. The molecule has 252 valence electrons. The molecule has 4 aliphatic rings. The highest BCUT2D eigenvalue weighted by atomic mass is 16.5. The number of amides is 5. The van der Waals surface area contributed by atoms with Crippen molar-refractivity contribution in [2.45, 2.75) is 101 Å². The zero-order valence-corrected chi connectivity index (χ0v) is 27.1. The summed E-state index contributed by atoms with van der Waals surface area (Å²) in [5.74, 6) is -0.898. The van der Waals surface area contributed by atoms with Crippen molar-refractivity contribution in [3.8, 4) is 5.75 Å². The predicted molar refractivity (Wildman–Crippen MR) is 176 cm³/mol. The lowest BCUT2D eigenvalue weighted by Gasteiger charge is -2.26. The van der Waals surface area contributed by atoms with Gasteiger partial charge in [0.15, 0.2) is 0 Å². The predicted octanol–water partition coefficient (Wildman–Crippen LogP) is 2.46. The third kappa shape index (κ3) is 9.79. The van der Waals surface area contributed by atoms with Crippen molar-refractivity contribution in [3.63, 3.8) is 0 Å². The fraction of sp³-hybridized carbons (Fsp3) is 0.528. The first kappa shape index (κ1) is 33.9. The number of carbonyl (C=O) groups excluding carboxylic acids is 5. The largest absolute Gasteiger partial charge is 0.492 e. The van der Waals surface area contributed by atoms with Gasteiger partial charge in [0.05, 0.1) is 6.54 Å². The molecule has 5 N–H and O–H groups in total. The maximum atomic E-state index is 13.6. The van der Waals surface area contributed by atoms with Gasteiger partial charge in [-0.25, -0.2) is 0 Å². The SMILES string of the molecule is C[C@@H]1NC(=O)[C@@H](NC(=O)CCC2CCCCC2)Cc2ccc(cc2)OCCNC(=O)C2(CC2)NC(=O)[C@@H](Cc2ccccc2)NC1=O. The van der Waals surface area contributed by atoms with Gasteiger partial charge in [-0.3, -0.25) is 24.0 Å². The molecule has 0 saturated heterocycles.